The summed E-state index contributed by atoms with van der Waals surface area (Å²) in [5.41, 5.74) is 3.60. The third kappa shape index (κ3) is 2.84. The van der Waals surface area contributed by atoms with Crippen molar-refractivity contribution in [1.82, 2.24) is 15.1 Å². The van der Waals surface area contributed by atoms with Crippen molar-refractivity contribution in [2.24, 2.45) is 7.05 Å². The highest BCUT2D eigenvalue weighted by Gasteiger charge is 2.20. The van der Waals surface area contributed by atoms with E-state index in [4.69, 9.17) is 0 Å². The highest BCUT2D eigenvalue weighted by molar-refractivity contribution is 5.39. The first-order chi connectivity index (χ1) is 9.02. The quantitative estimate of drug-likeness (QED) is 0.917. The zero-order valence-corrected chi connectivity index (χ0v) is 11.9. The van der Waals surface area contributed by atoms with Crippen LogP contribution in [0.3, 0.4) is 0 Å². The molecule has 3 nitrogen and oxygen atoms in total. The predicted molar refractivity (Wildman–Crippen MR) is 74.6 cm³/mol. The van der Waals surface area contributed by atoms with E-state index in [2.05, 4.69) is 10.4 Å². The maximum atomic E-state index is 14.3. The molecule has 1 N–H and O–H groups in total. The maximum Gasteiger partial charge on any atom is 0.128 e. The zero-order valence-electron chi connectivity index (χ0n) is 11.9. The molecule has 0 saturated carbocycles. The molecule has 0 fully saturated rings. The molecule has 1 heterocycles. The van der Waals surface area contributed by atoms with Crippen LogP contribution < -0.4 is 5.32 Å². The molecule has 1 atom stereocenters. The minimum atomic E-state index is -0.160. The monoisotopic (exact) mass is 261 g/mol. The van der Waals surface area contributed by atoms with Gasteiger partial charge in [-0.1, -0.05) is 13.0 Å². The number of hydrogen-bond acceptors (Lipinski definition) is 2. The first-order valence-corrected chi connectivity index (χ1v) is 6.51. The normalized spacial score (nSPS) is 12.7. The minimum Gasteiger partial charge on any atom is -0.306 e. The number of hydrogen-bond donors (Lipinski definition) is 1. The van der Waals surface area contributed by atoms with Crippen molar-refractivity contribution >= 4 is 0 Å². The van der Waals surface area contributed by atoms with Crippen LogP contribution in [0.25, 0.3) is 0 Å². The summed E-state index contributed by atoms with van der Waals surface area (Å²) in [5, 5.41) is 7.51. The van der Waals surface area contributed by atoms with E-state index in [0.29, 0.717) is 5.56 Å². The Morgan fingerprint density at radius 1 is 1.37 bits per heavy atom. The van der Waals surface area contributed by atoms with Crippen molar-refractivity contribution in [3.8, 4) is 0 Å². The maximum absolute atomic E-state index is 14.3. The summed E-state index contributed by atoms with van der Waals surface area (Å²) in [4.78, 5) is 0. The Bertz CT molecular complexity index is 552. The average Bonchev–Trinajstić information content (AvgIpc) is 2.73. The van der Waals surface area contributed by atoms with E-state index in [1.54, 1.807) is 16.9 Å². The summed E-state index contributed by atoms with van der Waals surface area (Å²) in [6.07, 6.45) is 3.71. The topological polar surface area (TPSA) is 29.9 Å². The molecule has 1 unspecified atom stereocenters. The van der Waals surface area contributed by atoms with E-state index in [-0.39, 0.29) is 11.9 Å². The number of aromatic nitrogens is 2. The molecule has 0 spiro atoms. The lowest BCUT2D eigenvalue weighted by molar-refractivity contribution is 0.555. The number of nitrogens with one attached hydrogen (secondary N) is 1. The van der Waals surface area contributed by atoms with E-state index in [9.17, 15) is 4.39 Å². The molecule has 0 aliphatic rings. The van der Waals surface area contributed by atoms with Crippen LogP contribution in [0, 0.1) is 19.7 Å². The Kier molecular flexibility index (Phi) is 4.00. The number of benzene rings is 1. The van der Waals surface area contributed by atoms with Gasteiger partial charge in [-0.2, -0.15) is 5.10 Å². The lowest BCUT2D eigenvalue weighted by atomic mass is 9.95. The molecule has 0 saturated heterocycles. The van der Waals surface area contributed by atoms with Crippen LogP contribution in [0.5, 0.6) is 0 Å². The third-order valence-electron chi connectivity index (χ3n) is 3.24. The highest BCUT2D eigenvalue weighted by atomic mass is 19.1. The van der Waals surface area contributed by atoms with E-state index in [0.717, 1.165) is 23.2 Å². The molecule has 1 aromatic carbocycles. The molecule has 19 heavy (non-hydrogen) atoms. The third-order valence-corrected chi connectivity index (χ3v) is 3.24. The van der Waals surface area contributed by atoms with Crippen LogP contribution in [0.4, 0.5) is 4.39 Å². The second kappa shape index (κ2) is 5.53. The van der Waals surface area contributed by atoms with Crippen molar-refractivity contribution < 1.29 is 4.39 Å². The Hall–Kier alpha value is -1.68. The fourth-order valence-electron chi connectivity index (χ4n) is 2.47. The summed E-state index contributed by atoms with van der Waals surface area (Å²) in [5.74, 6) is -0.160. The van der Waals surface area contributed by atoms with Crippen molar-refractivity contribution in [2.45, 2.75) is 26.8 Å². The van der Waals surface area contributed by atoms with Gasteiger partial charge in [-0.15, -0.1) is 0 Å². The summed E-state index contributed by atoms with van der Waals surface area (Å²) < 4.78 is 16.0. The largest absolute Gasteiger partial charge is 0.306 e. The summed E-state index contributed by atoms with van der Waals surface area (Å²) in [7, 11) is 1.87. The fraction of sp³-hybridized carbons (Fsp3) is 0.400. The minimum absolute atomic E-state index is 0.153. The van der Waals surface area contributed by atoms with E-state index in [1.165, 1.54) is 0 Å². The molecule has 2 rings (SSSR count). The van der Waals surface area contributed by atoms with Gasteiger partial charge in [-0.25, -0.2) is 4.39 Å². The molecule has 0 radical (unpaired) electrons. The van der Waals surface area contributed by atoms with Crippen LogP contribution in [-0.2, 0) is 7.05 Å². The molecular formula is C15H20FN3. The molecule has 4 heteroatoms. The average molecular weight is 261 g/mol. The standard InChI is InChI=1S/C15H20FN3/c1-5-17-15(12-8-18-19(4)9-12)14-11(3)6-10(2)7-13(14)16/h6-9,15,17H,5H2,1-4H3. The number of halogens is 1. The molecular weight excluding hydrogens is 241 g/mol. The smallest absolute Gasteiger partial charge is 0.128 e. The SMILES string of the molecule is CCNC(c1cnn(C)c1)c1c(C)cc(C)cc1F. The molecule has 102 valence electrons. The van der Waals surface area contributed by atoms with E-state index >= 15 is 0 Å². The first-order valence-electron chi connectivity index (χ1n) is 6.51. The molecule has 2 aromatic rings. The molecule has 0 aliphatic carbocycles. The van der Waals surface area contributed by atoms with Crippen molar-refractivity contribution in [3.63, 3.8) is 0 Å². The van der Waals surface area contributed by atoms with Gasteiger partial charge in [0.25, 0.3) is 0 Å². The van der Waals surface area contributed by atoms with Gasteiger partial charge in [0.15, 0.2) is 0 Å². The molecule has 1 aromatic heterocycles. The van der Waals surface area contributed by atoms with Crippen LogP contribution in [0.15, 0.2) is 24.5 Å². The Balaban J connectivity index is 2.51. The number of nitrogens with zero attached hydrogens (tertiary/aromatic N) is 2. The van der Waals surface area contributed by atoms with Crippen LogP contribution in [0.2, 0.25) is 0 Å². The fourth-order valence-corrected chi connectivity index (χ4v) is 2.47. The van der Waals surface area contributed by atoms with Gasteiger partial charge in [0.1, 0.15) is 5.82 Å². The van der Waals surface area contributed by atoms with Crippen LogP contribution >= 0.6 is 0 Å². The highest BCUT2D eigenvalue weighted by Crippen LogP contribution is 2.28. The summed E-state index contributed by atoms with van der Waals surface area (Å²) in [6, 6.07) is 3.45. The first kappa shape index (κ1) is 13.7. The van der Waals surface area contributed by atoms with Gasteiger partial charge in [-0.3, -0.25) is 4.68 Å². The van der Waals surface area contributed by atoms with Crippen LogP contribution in [0.1, 0.15) is 35.2 Å². The Morgan fingerprint density at radius 2 is 2.11 bits per heavy atom. The van der Waals surface area contributed by atoms with E-state index < -0.39 is 0 Å². The van der Waals surface area contributed by atoms with Gasteiger partial charge in [-0.05, 0) is 37.6 Å². The lowest BCUT2D eigenvalue weighted by Gasteiger charge is -2.20. The number of aryl methyl sites for hydroxylation is 3. The zero-order chi connectivity index (χ0) is 14.0. The lowest BCUT2D eigenvalue weighted by Crippen LogP contribution is -2.23. The number of rotatable bonds is 4. The van der Waals surface area contributed by atoms with Crippen molar-refractivity contribution in [2.75, 3.05) is 6.54 Å². The summed E-state index contributed by atoms with van der Waals surface area (Å²) >= 11 is 0. The Labute approximate surface area is 113 Å². The van der Waals surface area contributed by atoms with Gasteiger partial charge in [0.05, 0.1) is 12.2 Å². The second-order valence-electron chi connectivity index (χ2n) is 4.92. The van der Waals surface area contributed by atoms with Gasteiger partial charge in [0, 0.05) is 24.4 Å². The van der Waals surface area contributed by atoms with Crippen molar-refractivity contribution in [1.29, 1.82) is 0 Å². The van der Waals surface area contributed by atoms with Crippen molar-refractivity contribution in [3.05, 3.63) is 52.6 Å². The molecule has 0 bridgehead atoms. The van der Waals surface area contributed by atoms with E-state index in [1.807, 2.05) is 40.1 Å². The molecule has 0 amide bonds. The van der Waals surface area contributed by atoms with Gasteiger partial charge in [0.2, 0.25) is 0 Å². The Morgan fingerprint density at radius 3 is 2.63 bits per heavy atom. The second-order valence-corrected chi connectivity index (χ2v) is 4.92. The van der Waals surface area contributed by atoms with Gasteiger partial charge < -0.3 is 5.32 Å². The molecule has 0 aliphatic heterocycles. The predicted octanol–water partition coefficient (Wildman–Crippen LogP) is 2.87. The van der Waals surface area contributed by atoms with Crippen LogP contribution in [-0.4, -0.2) is 16.3 Å². The summed E-state index contributed by atoms with van der Waals surface area (Å²) in [6.45, 7) is 6.65. The van der Waals surface area contributed by atoms with Gasteiger partial charge >= 0.3 is 0 Å².